The topological polar surface area (TPSA) is 88.0 Å². The van der Waals surface area contributed by atoms with Crippen LogP contribution in [0.2, 0.25) is 0 Å². The van der Waals surface area contributed by atoms with Crippen LogP contribution in [0, 0.1) is 0 Å². The second-order valence-electron chi connectivity index (χ2n) is 4.37. The van der Waals surface area contributed by atoms with Crippen molar-refractivity contribution in [3.63, 3.8) is 0 Å². The van der Waals surface area contributed by atoms with Gasteiger partial charge in [0.1, 0.15) is 0 Å². The molecular weight excluding hydrogens is 284 g/mol. The van der Waals surface area contributed by atoms with Gasteiger partial charge in [0.25, 0.3) is 0 Å². The van der Waals surface area contributed by atoms with Crippen molar-refractivity contribution in [1.29, 1.82) is 0 Å². The van der Waals surface area contributed by atoms with E-state index >= 15 is 0 Å². The van der Waals surface area contributed by atoms with Gasteiger partial charge < -0.3 is 9.84 Å². The summed E-state index contributed by atoms with van der Waals surface area (Å²) >= 11 is 0. The van der Waals surface area contributed by atoms with Gasteiger partial charge in [0.05, 0.1) is 30.1 Å². The van der Waals surface area contributed by atoms with Crippen LogP contribution in [0.5, 0.6) is 0 Å². The van der Waals surface area contributed by atoms with Crippen LogP contribution in [0.15, 0.2) is 53.6 Å². The second kappa shape index (κ2) is 7.03. The number of nitrogens with one attached hydrogen (secondary N) is 1. The summed E-state index contributed by atoms with van der Waals surface area (Å²) in [6, 6.07) is 13.1. The van der Waals surface area contributed by atoms with Crippen LogP contribution in [0.3, 0.4) is 0 Å². The fraction of sp³-hybridized carbons (Fsp3) is 0.0625. The smallest absolute Gasteiger partial charge is 0.337 e. The maximum absolute atomic E-state index is 11.3. The number of carbonyl (C=O) groups excluding carboxylic acids is 1. The molecule has 2 aromatic carbocycles. The number of ether oxygens (including phenoxy) is 1. The van der Waals surface area contributed by atoms with Gasteiger partial charge in [0.2, 0.25) is 0 Å². The Hall–Kier alpha value is -3.15. The largest absolute Gasteiger partial charge is 0.478 e. The van der Waals surface area contributed by atoms with Gasteiger partial charge in [-0.2, -0.15) is 5.10 Å². The minimum absolute atomic E-state index is 0.183. The number of hydrazone groups is 1. The summed E-state index contributed by atoms with van der Waals surface area (Å²) in [5.41, 5.74) is 4.75. The monoisotopic (exact) mass is 298 g/mol. The molecule has 0 atom stereocenters. The van der Waals surface area contributed by atoms with Crippen LogP contribution in [0.25, 0.3) is 0 Å². The zero-order chi connectivity index (χ0) is 15.9. The Kier molecular flexibility index (Phi) is 4.87. The van der Waals surface area contributed by atoms with Crippen molar-refractivity contribution >= 4 is 23.8 Å². The molecular formula is C16H14N2O4. The molecule has 2 N–H and O–H groups in total. The molecule has 0 saturated heterocycles. The number of benzene rings is 2. The molecule has 0 aromatic heterocycles. The molecule has 0 bridgehead atoms. The molecule has 0 amide bonds. The highest BCUT2D eigenvalue weighted by atomic mass is 16.5. The van der Waals surface area contributed by atoms with Gasteiger partial charge in [0.15, 0.2) is 0 Å². The number of carbonyl (C=O) groups is 2. The number of rotatable bonds is 5. The number of aromatic carboxylic acids is 1. The van der Waals surface area contributed by atoms with Crippen LogP contribution < -0.4 is 5.43 Å². The fourth-order valence-electron chi connectivity index (χ4n) is 1.73. The molecule has 0 aliphatic rings. The fourth-order valence-corrected chi connectivity index (χ4v) is 1.73. The third-order valence-electron chi connectivity index (χ3n) is 2.85. The Morgan fingerprint density at radius 2 is 1.86 bits per heavy atom. The first kappa shape index (κ1) is 15.2. The lowest BCUT2D eigenvalue weighted by atomic mass is 10.1. The summed E-state index contributed by atoms with van der Waals surface area (Å²) in [5, 5.41) is 12.9. The van der Waals surface area contributed by atoms with E-state index < -0.39 is 11.9 Å². The molecule has 0 spiro atoms. The van der Waals surface area contributed by atoms with Crippen LogP contribution in [-0.4, -0.2) is 30.4 Å². The predicted molar refractivity (Wildman–Crippen MR) is 82.4 cm³/mol. The van der Waals surface area contributed by atoms with Gasteiger partial charge in [-0.1, -0.05) is 18.2 Å². The maximum Gasteiger partial charge on any atom is 0.337 e. The van der Waals surface area contributed by atoms with E-state index in [1.54, 1.807) is 42.6 Å². The molecule has 0 radical (unpaired) electrons. The third kappa shape index (κ3) is 3.92. The molecule has 2 rings (SSSR count). The molecule has 22 heavy (non-hydrogen) atoms. The zero-order valence-electron chi connectivity index (χ0n) is 11.8. The Balaban J connectivity index is 2.02. The zero-order valence-corrected chi connectivity index (χ0v) is 11.8. The summed E-state index contributed by atoms with van der Waals surface area (Å²) in [6.07, 6.45) is 1.56. The lowest BCUT2D eigenvalue weighted by Gasteiger charge is -2.02. The van der Waals surface area contributed by atoms with Gasteiger partial charge >= 0.3 is 11.9 Å². The number of esters is 1. The van der Waals surface area contributed by atoms with Crippen molar-refractivity contribution in [2.24, 2.45) is 5.10 Å². The lowest BCUT2D eigenvalue weighted by molar-refractivity contribution is 0.0600. The third-order valence-corrected chi connectivity index (χ3v) is 2.85. The van der Waals surface area contributed by atoms with E-state index in [-0.39, 0.29) is 5.56 Å². The molecule has 0 heterocycles. The average molecular weight is 298 g/mol. The van der Waals surface area contributed by atoms with Gasteiger partial charge in [0, 0.05) is 0 Å². The quantitative estimate of drug-likeness (QED) is 0.503. The first-order valence-corrected chi connectivity index (χ1v) is 6.41. The van der Waals surface area contributed by atoms with Crippen molar-refractivity contribution in [3.8, 4) is 0 Å². The van der Waals surface area contributed by atoms with E-state index in [0.29, 0.717) is 11.3 Å². The first-order valence-electron chi connectivity index (χ1n) is 6.41. The number of nitrogens with zero attached hydrogens (tertiary/aromatic N) is 1. The molecule has 2 aromatic rings. The van der Waals surface area contributed by atoms with Crippen molar-refractivity contribution in [3.05, 3.63) is 65.2 Å². The minimum Gasteiger partial charge on any atom is -0.478 e. The van der Waals surface area contributed by atoms with Crippen molar-refractivity contribution in [2.45, 2.75) is 0 Å². The summed E-state index contributed by atoms with van der Waals surface area (Å²) in [7, 11) is 1.33. The first-order chi connectivity index (χ1) is 10.6. The highest BCUT2D eigenvalue weighted by molar-refractivity contribution is 5.91. The second-order valence-corrected chi connectivity index (χ2v) is 4.37. The standard InChI is InChI=1S/C16H14N2O4/c1-22-16(21)12-7-5-11(6-8-12)10-17-18-14-4-2-3-13(9-14)15(19)20/h2-10,18H,1H3,(H,19,20)/b17-10+. The van der Waals surface area contributed by atoms with E-state index in [2.05, 4.69) is 15.3 Å². The van der Waals surface area contributed by atoms with Crippen molar-refractivity contribution in [2.75, 3.05) is 12.5 Å². The maximum atomic E-state index is 11.3. The van der Waals surface area contributed by atoms with E-state index in [9.17, 15) is 9.59 Å². The summed E-state index contributed by atoms with van der Waals surface area (Å²) in [4.78, 5) is 22.2. The molecule has 6 nitrogen and oxygen atoms in total. The SMILES string of the molecule is COC(=O)c1ccc(/C=N/Nc2cccc(C(=O)O)c2)cc1. The van der Waals surface area contributed by atoms with E-state index in [1.165, 1.54) is 19.2 Å². The summed E-state index contributed by atoms with van der Waals surface area (Å²) in [5.74, 6) is -1.39. The van der Waals surface area contributed by atoms with Crippen LogP contribution in [-0.2, 0) is 4.74 Å². The van der Waals surface area contributed by atoms with E-state index in [4.69, 9.17) is 5.11 Å². The number of hydrogen-bond acceptors (Lipinski definition) is 5. The number of hydrogen-bond donors (Lipinski definition) is 2. The van der Waals surface area contributed by atoms with Crippen LogP contribution >= 0.6 is 0 Å². The van der Waals surface area contributed by atoms with E-state index in [0.717, 1.165) is 5.56 Å². The molecule has 0 saturated carbocycles. The summed E-state index contributed by atoms with van der Waals surface area (Å²) < 4.78 is 4.61. The Morgan fingerprint density at radius 3 is 2.50 bits per heavy atom. The van der Waals surface area contributed by atoms with Crippen LogP contribution in [0.4, 0.5) is 5.69 Å². The molecule has 0 unspecified atom stereocenters. The number of anilines is 1. The number of carboxylic acids is 1. The van der Waals surface area contributed by atoms with Crippen LogP contribution in [0.1, 0.15) is 26.3 Å². The Bertz CT molecular complexity index is 708. The Labute approximate surface area is 127 Å². The van der Waals surface area contributed by atoms with Gasteiger partial charge in [-0.25, -0.2) is 9.59 Å². The molecule has 112 valence electrons. The van der Waals surface area contributed by atoms with Gasteiger partial charge in [-0.05, 0) is 35.9 Å². The normalized spacial score (nSPS) is 10.4. The van der Waals surface area contributed by atoms with Crippen molar-refractivity contribution < 1.29 is 19.4 Å². The highest BCUT2D eigenvalue weighted by Gasteiger charge is 2.04. The lowest BCUT2D eigenvalue weighted by Crippen LogP contribution is -2.01. The highest BCUT2D eigenvalue weighted by Crippen LogP contribution is 2.10. The minimum atomic E-state index is -0.994. The molecule has 6 heteroatoms. The Morgan fingerprint density at radius 1 is 1.14 bits per heavy atom. The van der Waals surface area contributed by atoms with E-state index in [1.807, 2.05) is 0 Å². The molecule has 0 fully saturated rings. The number of carboxylic acid groups (broad SMARTS) is 1. The average Bonchev–Trinajstić information content (AvgIpc) is 2.55. The summed E-state index contributed by atoms with van der Waals surface area (Å²) in [6.45, 7) is 0. The van der Waals surface area contributed by atoms with Crippen molar-refractivity contribution in [1.82, 2.24) is 0 Å². The number of methoxy groups -OCH3 is 1. The molecule has 0 aliphatic heterocycles. The van der Waals surface area contributed by atoms with Gasteiger partial charge in [-0.15, -0.1) is 0 Å². The van der Waals surface area contributed by atoms with Gasteiger partial charge in [-0.3, -0.25) is 5.43 Å². The molecule has 0 aliphatic carbocycles. The predicted octanol–water partition coefficient (Wildman–Crippen LogP) is 2.62.